The highest BCUT2D eigenvalue weighted by Gasteiger charge is 2.66. The van der Waals surface area contributed by atoms with Gasteiger partial charge in [0.15, 0.2) is 0 Å². The number of benzene rings is 1. The molecule has 1 heterocycles. The van der Waals surface area contributed by atoms with Gasteiger partial charge in [0.1, 0.15) is 12.4 Å². The van der Waals surface area contributed by atoms with Crippen LogP contribution in [0.2, 0.25) is 0 Å². The SMILES string of the molecule is Cc1ccc(N[C@@H]2[C@H]3CCO[C@@H]3C23CCC3)cc1OCC(F)F. The molecule has 2 saturated carbocycles. The fourth-order valence-electron chi connectivity index (χ4n) is 4.63. The highest BCUT2D eigenvalue weighted by atomic mass is 19.3. The number of fused-ring (bicyclic) bond motifs is 2. The standard InChI is InChI=1S/C18H23F2NO2/c1-11-3-4-12(9-14(11)23-10-15(19)20)21-16-13-5-8-22-17(13)18(16)6-2-7-18/h3-4,9,13,15-17,21H,2,5-8,10H2,1H3/t13-,16-,17+/m1/s1. The first kappa shape index (κ1) is 15.2. The van der Waals surface area contributed by atoms with Crippen LogP contribution < -0.4 is 10.1 Å². The van der Waals surface area contributed by atoms with Gasteiger partial charge in [0.05, 0.1) is 6.10 Å². The molecule has 1 aromatic rings. The van der Waals surface area contributed by atoms with Crippen LogP contribution >= 0.6 is 0 Å². The van der Waals surface area contributed by atoms with Crippen molar-refractivity contribution in [2.24, 2.45) is 11.3 Å². The van der Waals surface area contributed by atoms with E-state index in [-0.39, 0.29) is 0 Å². The van der Waals surface area contributed by atoms with Crippen LogP contribution in [0, 0.1) is 18.3 Å². The van der Waals surface area contributed by atoms with Gasteiger partial charge in [0.2, 0.25) is 0 Å². The summed E-state index contributed by atoms with van der Waals surface area (Å²) in [5, 5.41) is 3.65. The van der Waals surface area contributed by atoms with Crippen molar-refractivity contribution >= 4 is 5.69 Å². The molecule has 0 amide bonds. The van der Waals surface area contributed by atoms with E-state index >= 15 is 0 Å². The topological polar surface area (TPSA) is 30.5 Å². The lowest BCUT2D eigenvalue weighted by molar-refractivity contribution is -0.158. The monoisotopic (exact) mass is 323 g/mol. The summed E-state index contributed by atoms with van der Waals surface area (Å²) in [6.07, 6.45) is 2.83. The number of alkyl halides is 2. The summed E-state index contributed by atoms with van der Waals surface area (Å²) in [5.74, 6) is 1.12. The molecule has 2 aliphatic carbocycles. The summed E-state index contributed by atoms with van der Waals surface area (Å²) >= 11 is 0. The maximum absolute atomic E-state index is 12.4. The van der Waals surface area contributed by atoms with Gasteiger partial charge in [-0.3, -0.25) is 0 Å². The molecular weight excluding hydrogens is 300 g/mol. The minimum absolute atomic E-state index is 0.302. The number of hydrogen-bond acceptors (Lipinski definition) is 3. The summed E-state index contributed by atoms with van der Waals surface area (Å²) in [4.78, 5) is 0. The molecule has 1 spiro atoms. The van der Waals surface area contributed by atoms with Crippen molar-refractivity contribution < 1.29 is 18.3 Å². The fraction of sp³-hybridized carbons (Fsp3) is 0.667. The van der Waals surface area contributed by atoms with Gasteiger partial charge in [-0.05, 0) is 37.8 Å². The van der Waals surface area contributed by atoms with Crippen LogP contribution in [0.4, 0.5) is 14.5 Å². The van der Waals surface area contributed by atoms with Crippen LogP contribution in [0.1, 0.15) is 31.2 Å². The third-order valence-electron chi connectivity index (χ3n) is 5.91. The Balaban J connectivity index is 1.49. The zero-order chi connectivity index (χ0) is 16.0. The van der Waals surface area contributed by atoms with Crippen molar-refractivity contribution in [2.75, 3.05) is 18.5 Å². The van der Waals surface area contributed by atoms with E-state index in [0.717, 1.165) is 24.3 Å². The van der Waals surface area contributed by atoms with Crippen molar-refractivity contribution in [3.63, 3.8) is 0 Å². The van der Waals surface area contributed by atoms with Gasteiger partial charge in [0.25, 0.3) is 6.43 Å². The summed E-state index contributed by atoms with van der Waals surface area (Å²) in [7, 11) is 0. The van der Waals surface area contributed by atoms with Crippen LogP contribution in [-0.2, 0) is 4.74 Å². The molecule has 5 heteroatoms. The minimum atomic E-state index is -2.45. The zero-order valence-electron chi connectivity index (χ0n) is 13.4. The van der Waals surface area contributed by atoms with Gasteiger partial charge >= 0.3 is 0 Å². The number of halogens is 2. The first-order chi connectivity index (χ1) is 11.1. The highest BCUT2D eigenvalue weighted by Crippen LogP contribution is 2.63. The first-order valence-corrected chi connectivity index (χ1v) is 8.50. The highest BCUT2D eigenvalue weighted by molar-refractivity contribution is 5.53. The van der Waals surface area contributed by atoms with E-state index in [1.807, 2.05) is 25.1 Å². The van der Waals surface area contributed by atoms with E-state index in [0.29, 0.717) is 29.2 Å². The van der Waals surface area contributed by atoms with Crippen molar-refractivity contribution in [1.82, 2.24) is 0 Å². The largest absolute Gasteiger partial charge is 0.487 e. The first-order valence-electron chi connectivity index (χ1n) is 8.50. The molecule has 1 saturated heterocycles. The average Bonchev–Trinajstić information content (AvgIpc) is 2.88. The minimum Gasteiger partial charge on any atom is -0.487 e. The second-order valence-electron chi connectivity index (χ2n) is 7.14. The zero-order valence-corrected chi connectivity index (χ0v) is 13.4. The molecule has 3 aliphatic rings. The maximum Gasteiger partial charge on any atom is 0.272 e. The molecular formula is C18H23F2NO2. The van der Waals surface area contributed by atoms with Crippen LogP contribution in [0.5, 0.6) is 5.75 Å². The Labute approximate surface area is 135 Å². The lowest BCUT2D eigenvalue weighted by Gasteiger charge is -2.63. The Morgan fingerprint density at radius 3 is 2.91 bits per heavy atom. The molecule has 0 aromatic heterocycles. The predicted octanol–water partition coefficient (Wildman–Crippen LogP) is 4.01. The van der Waals surface area contributed by atoms with Crippen LogP contribution in [0.15, 0.2) is 18.2 Å². The molecule has 1 aliphatic heterocycles. The second kappa shape index (κ2) is 5.62. The lowest BCUT2D eigenvalue weighted by atomic mass is 9.46. The van der Waals surface area contributed by atoms with Crippen molar-refractivity contribution in [2.45, 2.75) is 51.2 Å². The van der Waals surface area contributed by atoms with Gasteiger partial charge < -0.3 is 14.8 Å². The van der Waals surface area contributed by atoms with E-state index in [4.69, 9.17) is 9.47 Å². The molecule has 3 nitrogen and oxygen atoms in total. The molecule has 126 valence electrons. The van der Waals surface area contributed by atoms with E-state index in [2.05, 4.69) is 5.32 Å². The molecule has 23 heavy (non-hydrogen) atoms. The van der Waals surface area contributed by atoms with Crippen LogP contribution in [0.25, 0.3) is 0 Å². The van der Waals surface area contributed by atoms with Crippen molar-refractivity contribution in [1.29, 1.82) is 0 Å². The third kappa shape index (κ3) is 2.40. The number of rotatable bonds is 5. The molecule has 0 radical (unpaired) electrons. The van der Waals surface area contributed by atoms with Crippen molar-refractivity contribution in [3.8, 4) is 5.75 Å². The predicted molar refractivity (Wildman–Crippen MR) is 84.2 cm³/mol. The van der Waals surface area contributed by atoms with Gasteiger partial charge in [-0.2, -0.15) is 0 Å². The molecule has 3 atom stereocenters. The van der Waals surface area contributed by atoms with Gasteiger partial charge in [-0.25, -0.2) is 8.78 Å². The van der Waals surface area contributed by atoms with Gasteiger partial charge in [0, 0.05) is 35.7 Å². The number of ether oxygens (including phenoxy) is 2. The Hall–Kier alpha value is -1.36. The Kier molecular flexibility index (Phi) is 3.71. The fourth-order valence-corrected chi connectivity index (χ4v) is 4.63. The molecule has 3 fully saturated rings. The van der Waals surface area contributed by atoms with E-state index < -0.39 is 13.0 Å². The average molecular weight is 323 g/mol. The molecule has 4 rings (SSSR count). The number of aryl methyl sites for hydroxylation is 1. The van der Waals surface area contributed by atoms with E-state index in [9.17, 15) is 8.78 Å². The summed E-state index contributed by atoms with van der Waals surface area (Å²) in [6, 6.07) is 6.24. The number of nitrogens with one attached hydrogen (secondary N) is 1. The second-order valence-corrected chi connectivity index (χ2v) is 7.14. The smallest absolute Gasteiger partial charge is 0.272 e. The number of anilines is 1. The summed E-state index contributed by atoms with van der Waals surface area (Å²) in [6.45, 7) is 2.18. The van der Waals surface area contributed by atoms with E-state index in [1.165, 1.54) is 19.3 Å². The molecule has 1 N–H and O–H groups in total. The Bertz CT molecular complexity index is 588. The molecule has 1 aromatic carbocycles. The summed E-state index contributed by atoms with van der Waals surface area (Å²) < 4.78 is 35.9. The van der Waals surface area contributed by atoms with Gasteiger partial charge in [-0.15, -0.1) is 0 Å². The molecule has 0 bridgehead atoms. The molecule has 0 unspecified atom stereocenters. The Morgan fingerprint density at radius 1 is 1.39 bits per heavy atom. The summed E-state index contributed by atoms with van der Waals surface area (Å²) in [5.41, 5.74) is 2.14. The van der Waals surface area contributed by atoms with E-state index in [1.54, 1.807) is 0 Å². The quantitative estimate of drug-likeness (QED) is 0.888. The van der Waals surface area contributed by atoms with Crippen molar-refractivity contribution in [3.05, 3.63) is 23.8 Å². The number of hydrogen-bond donors (Lipinski definition) is 1. The normalized spacial score (nSPS) is 30.7. The van der Waals surface area contributed by atoms with Crippen LogP contribution in [0.3, 0.4) is 0 Å². The third-order valence-corrected chi connectivity index (χ3v) is 5.91. The lowest BCUT2D eigenvalue weighted by Crippen LogP contribution is -2.68. The Morgan fingerprint density at radius 2 is 2.22 bits per heavy atom. The maximum atomic E-state index is 12.4. The van der Waals surface area contributed by atoms with Crippen LogP contribution in [-0.4, -0.2) is 31.8 Å². The van der Waals surface area contributed by atoms with Gasteiger partial charge in [-0.1, -0.05) is 12.5 Å².